The predicted molar refractivity (Wildman–Crippen MR) is 57.5 cm³/mol. The van der Waals surface area contributed by atoms with Crippen molar-refractivity contribution in [2.45, 2.75) is 13.8 Å². The first-order valence-corrected chi connectivity index (χ1v) is 4.38. The van der Waals surface area contributed by atoms with Gasteiger partial charge in [-0.25, -0.2) is 4.79 Å². The second-order valence-corrected chi connectivity index (χ2v) is 2.43. The first-order valence-electron chi connectivity index (χ1n) is 4.38. The van der Waals surface area contributed by atoms with Crippen molar-refractivity contribution in [3.05, 3.63) is 36.5 Å². The monoisotopic (exact) mass is 193 g/mol. The number of hydrogen-bond acceptors (Lipinski definition) is 3. The Morgan fingerprint density at radius 1 is 1.57 bits per heavy atom. The fourth-order valence-electron chi connectivity index (χ4n) is 0.817. The summed E-state index contributed by atoms with van der Waals surface area (Å²) in [6, 6.07) is 0. The largest absolute Gasteiger partial charge is 0.461 e. The minimum atomic E-state index is -0.602. The van der Waals surface area contributed by atoms with Crippen LogP contribution in [0.2, 0.25) is 0 Å². The van der Waals surface area contributed by atoms with Crippen LogP contribution in [0.15, 0.2) is 36.5 Å². The van der Waals surface area contributed by atoms with E-state index in [0.29, 0.717) is 5.57 Å². The predicted octanol–water partition coefficient (Wildman–Crippen LogP) is 2.26. The third kappa shape index (κ3) is 3.85. The summed E-state index contributed by atoms with van der Waals surface area (Å²) in [5, 5.41) is 7.51. The van der Waals surface area contributed by atoms with E-state index in [-0.39, 0.29) is 12.3 Å². The molecule has 1 N–H and O–H groups in total. The van der Waals surface area contributed by atoms with Crippen LogP contribution in [0.4, 0.5) is 0 Å². The molecule has 0 spiro atoms. The van der Waals surface area contributed by atoms with Crippen molar-refractivity contribution in [2.75, 3.05) is 6.61 Å². The molecular formula is C11H15NO2. The average Bonchev–Trinajstić information content (AvgIpc) is 2.19. The molecule has 0 unspecified atom stereocenters. The Hall–Kier alpha value is -1.64. The number of rotatable bonds is 5. The molecule has 0 aromatic carbocycles. The van der Waals surface area contributed by atoms with E-state index in [9.17, 15) is 4.79 Å². The van der Waals surface area contributed by atoms with Gasteiger partial charge in [0.05, 0.1) is 6.61 Å². The Bertz CT molecular complexity index is 288. The van der Waals surface area contributed by atoms with Crippen molar-refractivity contribution in [2.24, 2.45) is 0 Å². The minimum absolute atomic E-state index is 0.132. The van der Waals surface area contributed by atoms with Gasteiger partial charge in [-0.2, -0.15) is 0 Å². The molecule has 0 aromatic heterocycles. The number of esters is 1. The van der Waals surface area contributed by atoms with E-state index in [1.165, 1.54) is 0 Å². The van der Waals surface area contributed by atoms with Crippen molar-refractivity contribution in [3.63, 3.8) is 0 Å². The van der Waals surface area contributed by atoms with Crippen LogP contribution in [-0.2, 0) is 9.53 Å². The molecule has 0 fully saturated rings. The van der Waals surface area contributed by atoms with Crippen molar-refractivity contribution >= 4 is 11.7 Å². The van der Waals surface area contributed by atoms with Gasteiger partial charge in [-0.3, -0.25) is 5.41 Å². The number of carbonyl (C=O) groups is 1. The summed E-state index contributed by atoms with van der Waals surface area (Å²) in [5.74, 6) is -0.602. The highest BCUT2D eigenvalue weighted by molar-refractivity contribution is 6.42. The molecule has 76 valence electrons. The van der Waals surface area contributed by atoms with Gasteiger partial charge in [-0.05, 0) is 13.8 Å². The Labute approximate surface area is 84.3 Å². The van der Waals surface area contributed by atoms with E-state index < -0.39 is 5.97 Å². The molecule has 0 radical (unpaired) electrons. The van der Waals surface area contributed by atoms with Crippen molar-refractivity contribution in [1.29, 1.82) is 5.41 Å². The van der Waals surface area contributed by atoms with Gasteiger partial charge >= 0.3 is 5.97 Å². The minimum Gasteiger partial charge on any atom is -0.461 e. The van der Waals surface area contributed by atoms with Crippen molar-refractivity contribution < 1.29 is 9.53 Å². The molecule has 0 saturated heterocycles. The topological polar surface area (TPSA) is 50.2 Å². The summed E-state index contributed by atoms with van der Waals surface area (Å²) in [6.45, 7) is 7.26. The van der Waals surface area contributed by atoms with E-state index in [1.807, 2.05) is 0 Å². The lowest BCUT2D eigenvalue weighted by atomic mass is 10.1. The second-order valence-electron chi connectivity index (χ2n) is 2.43. The molecule has 14 heavy (non-hydrogen) atoms. The number of nitrogens with one attached hydrogen (secondary N) is 1. The van der Waals surface area contributed by atoms with Crippen LogP contribution in [0.3, 0.4) is 0 Å². The first-order chi connectivity index (χ1) is 6.67. The fraction of sp³-hybridized carbons (Fsp3) is 0.273. The van der Waals surface area contributed by atoms with Gasteiger partial charge in [0, 0.05) is 5.57 Å². The second kappa shape index (κ2) is 6.83. The molecule has 3 heteroatoms. The fourth-order valence-corrected chi connectivity index (χ4v) is 0.817. The number of ether oxygens (including phenoxy) is 1. The summed E-state index contributed by atoms with van der Waals surface area (Å²) in [4.78, 5) is 11.2. The maximum atomic E-state index is 11.2. The highest BCUT2D eigenvalue weighted by Crippen LogP contribution is 2.01. The number of allylic oxidation sites excluding steroid dienone is 4. The zero-order valence-electron chi connectivity index (χ0n) is 8.54. The Balaban J connectivity index is 4.56. The molecule has 3 nitrogen and oxygen atoms in total. The van der Waals surface area contributed by atoms with Gasteiger partial charge in [0.1, 0.15) is 5.71 Å². The smallest absolute Gasteiger partial charge is 0.356 e. The zero-order valence-corrected chi connectivity index (χ0v) is 8.54. The summed E-state index contributed by atoms with van der Waals surface area (Å²) in [7, 11) is 0. The summed E-state index contributed by atoms with van der Waals surface area (Å²) in [5.41, 5.74) is 0.399. The highest BCUT2D eigenvalue weighted by atomic mass is 16.5. The zero-order chi connectivity index (χ0) is 11.0. The average molecular weight is 193 g/mol. The van der Waals surface area contributed by atoms with E-state index in [1.54, 1.807) is 38.2 Å². The third-order valence-electron chi connectivity index (χ3n) is 1.49. The van der Waals surface area contributed by atoms with Gasteiger partial charge in [-0.1, -0.05) is 30.9 Å². The third-order valence-corrected chi connectivity index (χ3v) is 1.49. The van der Waals surface area contributed by atoms with E-state index >= 15 is 0 Å². The molecule has 0 bridgehead atoms. The van der Waals surface area contributed by atoms with Crippen molar-refractivity contribution in [3.8, 4) is 0 Å². The Morgan fingerprint density at radius 2 is 2.21 bits per heavy atom. The Kier molecular flexibility index (Phi) is 6.03. The number of hydrogen-bond donors (Lipinski definition) is 1. The van der Waals surface area contributed by atoms with Crippen LogP contribution in [0.5, 0.6) is 0 Å². The lowest BCUT2D eigenvalue weighted by Crippen LogP contribution is -2.17. The van der Waals surface area contributed by atoms with E-state index in [0.717, 1.165) is 0 Å². The molecule has 0 aliphatic heterocycles. The molecule has 0 atom stereocenters. The summed E-state index contributed by atoms with van der Waals surface area (Å²) >= 11 is 0. The lowest BCUT2D eigenvalue weighted by Gasteiger charge is -2.03. The van der Waals surface area contributed by atoms with E-state index in [2.05, 4.69) is 6.58 Å². The van der Waals surface area contributed by atoms with Crippen LogP contribution >= 0.6 is 0 Å². The van der Waals surface area contributed by atoms with Crippen LogP contribution in [0, 0.1) is 5.41 Å². The molecule has 0 aliphatic rings. The molecular weight excluding hydrogens is 178 g/mol. The SMILES string of the molecule is C=C/C=C\C(=C/C)C(=N)C(=O)OCC. The molecule has 0 heterocycles. The molecule has 0 aliphatic carbocycles. The molecule has 0 amide bonds. The van der Waals surface area contributed by atoms with Crippen LogP contribution in [0.1, 0.15) is 13.8 Å². The van der Waals surface area contributed by atoms with Crippen LogP contribution in [-0.4, -0.2) is 18.3 Å². The molecule has 0 aromatic rings. The quantitative estimate of drug-likeness (QED) is 0.413. The highest BCUT2D eigenvalue weighted by Gasteiger charge is 2.12. The maximum absolute atomic E-state index is 11.2. The van der Waals surface area contributed by atoms with Crippen LogP contribution < -0.4 is 0 Å². The van der Waals surface area contributed by atoms with Gasteiger partial charge in [0.15, 0.2) is 0 Å². The summed E-state index contributed by atoms with van der Waals surface area (Å²) in [6.07, 6.45) is 6.58. The van der Waals surface area contributed by atoms with Crippen molar-refractivity contribution in [1.82, 2.24) is 0 Å². The standard InChI is InChI=1S/C11H15NO2/c1-4-7-8-9(5-2)10(12)11(13)14-6-3/h4-5,7-8,12H,1,6H2,2-3H3/b8-7-,9-5+,12-10?. The first kappa shape index (κ1) is 12.4. The lowest BCUT2D eigenvalue weighted by molar-refractivity contribution is -0.135. The maximum Gasteiger partial charge on any atom is 0.356 e. The molecule has 0 saturated carbocycles. The van der Waals surface area contributed by atoms with Gasteiger partial charge in [-0.15, -0.1) is 0 Å². The number of carbonyl (C=O) groups excluding carboxylic acids is 1. The summed E-state index contributed by atoms with van der Waals surface area (Å²) < 4.78 is 4.70. The van der Waals surface area contributed by atoms with Crippen LogP contribution in [0.25, 0.3) is 0 Å². The van der Waals surface area contributed by atoms with Gasteiger partial charge < -0.3 is 4.74 Å². The van der Waals surface area contributed by atoms with Gasteiger partial charge in [0.25, 0.3) is 0 Å². The Morgan fingerprint density at radius 3 is 2.64 bits per heavy atom. The van der Waals surface area contributed by atoms with Gasteiger partial charge in [0.2, 0.25) is 0 Å². The van der Waals surface area contributed by atoms with E-state index in [4.69, 9.17) is 10.1 Å². The molecule has 0 rings (SSSR count). The normalized spacial score (nSPS) is 11.4.